The number of nitrogens with one attached hydrogen (secondary N) is 1. The normalized spacial score (nSPS) is 16.2. The Balaban J connectivity index is 1.57. The number of nitrogens with zero attached hydrogens (tertiary/aromatic N) is 1. The number of benzene rings is 2. The topological polar surface area (TPSA) is 32.3 Å². The molecule has 0 radical (unpaired) electrons. The molecule has 1 fully saturated rings. The minimum Gasteiger partial charge on any atom is -0.331 e. The van der Waals surface area contributed by atoms with Gasteiger partial charge in [-0.1, -0.05) is 29.8 Å². The van der Waals surface area contributed by atoms with E-state index in [1.165, 1.54) is 11.1 Å². The summed E-state index contributed by atoms with van der Waals surface area (Å²) in [4.78, 5) is 15.0. The van der Waals surface area contributed by atoms with Crippen molar-refractivity contribution in [2.24, 2.45) is 0 Å². The number of carbonyl (C=O) groups is 1. The number of halogens is 1. The van der Waals surface area contributed by atoms with Gasteiger partial charge >= 0.3 is 0 Å². The first kappa shape index (κ1) is 14.7. The highest BCUT2D eigenvalue weighted by Gasteiger charge is 2.33. The molecule has 0 bridgehead atoms. The third kappa shape index (κ3) is 3.12. The summed E-state index contributed by atoms with van der Waals surface area (Å²) in [6.45, 7) is 2.41. The fourth-order valence-electron chi connectivity index (χ4n) is 3.13. The molecular formula is C19H19ClN2O. The molecule has 1 saturated carbocycles. The van der Waals surface area contributed by atoms with Gasteiger partial charge in [0.05, 0.1) is 0 Å². The molecule has 1 N–H and O–H groups in total. The highest BCUT2D eigenvalue weighted by atomic mass is 35.5. The summed E-state index contributed by atoms with van der Waals surface area (Å²) in [6, 6.07) is 14.2. The molecule has 0 unspecified atom stereocenters. The van der Waals surface area contributed by atoms with Crippen LogP contribution in [-0.2, 0) is 19.6 Å². The second-order valence-corrected chi connectivity index (χ2v) is 6.81. The Hall–Kier alpha value is -1.84. The number of rotatable bonds is 4. The lowest BCUT2D eigenvalue weighted by molar-refractivity contribution is 0.0730. The van der Waals surface area contributed by atoms with Gasteiger partial charge in [0.25, 0.3) is 5.91 Å². The molecule has 0 spiro atoms. The average Bonchev–Trinajstić information content (AvgIpc) is 3.30. The van der Waals surface area contributed by atoms with E-state index in [0.29, 0.717) is 12.6 Å². The van der Waals surface area contributed by atoms with E-state index in [4.69, 9.17) is 11.6 Å². The third-order valence-electron chi connectivity index (χ3n) is 4.60. The van der Waals surface area contributed by atoms with E-state index in [9.17, 15) is 4.79 Å². The third-order valence-corrected chi connectivity index (χ3v) is 4.85. The van der Waals surface area contributed by atoms with Gasteiger partial charge in [-0.05, 0) is 53.8 Å². The molecule has 1 aliphatic heterocycles. The Bertz CT molecular complexity index is 738. The second kappa shape index (κ2) is 5.99. The first-order valence-electron chi connectivity index (χ1n) is 8.08. The minimum absolute atomic E-state index is 0.136. The van der Waals surface area contributed by atoms with Gasteiger partial charge < -0.3 is 10.2 Å². The van der Waals surface area contributed by atoms with Gasteiger partial charge in [-0.2, -0.15) is 0 Å². The number of fused-ring (bicyclic) bond motifs is 1. The Kier molecular flexibility index (Phi) is 3.83. The van der Waals surface area contributed by atoms with Crippen LogP contribution in [0.5, 0.6) is 0 Å². The molecule has 0 aromatic heterocycles. The summed E-state index contributed by atoms with van der Waals surface area (Å²) in [6.07, 6.45) is 2.21. The van der Waals surface area contributed by atoms with Crippen LogP contribution in [0.3, 0.4) is 0 Å². The van der Waals surface area contributed by atoms with Crippen LogP contribution in [0, 0.1) is 0 Å². The van der Waals surface area contributed by atoms with Crippen molar-refractivity contribution in [1.29, 1.82) is 0 Å². The molecule has 3 nitrogen and oxygen atoms in total. The minimum atomic E-state index is 0.136. The maximum absolute atomic E-state index is 13.0. The molecule has 4 rings (SSSR count). The predicted molar refractivity (Wildman–Crippen MR) is 91.3 cm³/mol. The first-order chi connectivity index (χ1) is 11.2. The van der Waals surface area contributed by atoms with Gasteiger partial charge in [-0.25, -0.2) is 0 Å². The highest BCUT2D eigenvalue weighted by Crippen LogP contribution is 2.30. The summed E-state index contributed by atoms with van der Waals surface area (Å²) in [7, 11) is 0. The van der Waals surface area contributed by atoms with E-state index in [2.05, 4.69) is 17.4 Å². The van der Waals surface area contributed by atoms with Crippen molar-refractivity contribution >= 4 is 17.5 Å². The Morgan fingerprint density at radius 1 is 1.09 bits per heavy atom. The molecule has 1 amide bonds. The summed E-state index contributed by atoms with van der Waals surface area (Å²) in [5, 5.41) is 4.05. The number of hydrogen-bond donors (Lipinski definition) is 1. The predicted octanol–water partition coefficient (Wildman–Crippen LogP) is 3.75. The maximum atomic E-state index is 13.0. The molecule has 2 aromatic rings. The van der Waals surface area contributed by atoms with Gasteiger partial charge in [0.2, 0.25) is 0 Å². The number of amides is 1. The van der Waals surface area contributed by atoms with Crippen LogP contribution in [0.4, 0.5) is 0 Å². The molecule has 4 heteroatoms. The van der Waals surface area contributed by atoms with Crippen LogP contribution in [0.25, 0.3) is 0 Å². The zero-order chi connectivity index (χ0) is 15.8. The molecule has 1 aliphatic carbocycles. The van der Waals surface area contributed by atoms with Crippen LogP contribution in [-0.4, -0.2) is 16.8 Å². The zero-order valence-corrected chi connectivity index (χ0v) is 13.6. The largest absolute Gasteiger partial charge is 0.331 e. The van der Waals surface area contributed by atoms with Crippen molar-refractivity contribution in [2.75, 3.05) is 0 Å². The molecule has 0 atom stereocenters. The molecule has 2 aliphatic rings. The standard InChI is InChI=1S/C19H19ClN2O/c20-17-5-1-13(2-6-17)12-22(18-7-8-18)19(23)14-3-4-15-10-21-11-16(15)9-14/h1-6,9,18,21H,7-8,10-12H2. The van der Waals surface area contributed by atoms with Crippen LogP contribution in [0.2, 0.25) is 5.02 Å². The summed E-state index contributed by atoms with van der Waals surface area (Å²) in [5.74, 6) is 0.136. The van der Waals surface area contributed by atoms with Crippen LogP contribution < -0.4 is 5.32 Å². The van der Waals surface area contributed by atoms with E-state index >= 15 is 0 Å². The Morgan fingerprint density at radius 2 is 1.83 bits per heavy atom. The van der Waals surface area contributed by atoms with Gasteiger partial charge in [0, 0.05) is 36.3 Å². The monoisotopic (exact) mass is 326 g/mol. The number of carbonyl (C=O) groups excluding carboxylic acids is 1. The molecule has 118 valence electrons. The van der Waals surface area contributed by atoms with Crippen LogP contribution in [0.1, 0.15) is 39.9 Å². The summed E-state index contributed by atoms with van der Waals surface area (Å²) >= 11 is 5.95. The van der Waals surface area contributed by atoms with E-state index in [1.807, 2.05) is 35.2 Å². The lowest BCUT2D eigenvalue weighted by atomic mass is 10.1. The Morgan fingerprint density at radius 3 is 2.57 bits per heavy atom. The fourth-order valence-corrected chi connectivity index (χ4v) is 3.26. The number of hydrogen-bond acceptors (Lipinski definition) is 2. The van der Waals surface area contributed by atoms with E-state index in [-0.39, 0.29) is 5.91 Å². The smallest absolute Gasteiger partial charge is 0.254 e. The van der Waals surface area contributed by atoms with E-state index < -0.39 is 0 Å². The van der Waals surface area contributed by atoms with Crippen LogP contribution in [0.15, 0.2) is 42.5 Å². The van der Waals surface area contributed by atoms with Crippen molar-refractivity contribution < 1.29 is 4.79 Å². The summed E-state index contributed by atoms with van der Waals surface area (Å²) in [5.41, 5.74) is 4.47. The Labute approximate surface area is 141 Å². The van der Waals surface area contributed by atoms with E-state index in [1.54, 1.807) is 0 Å². The quantitative estimate of drug-likeness (QED) is 0.928. The molecular weight excluding hydrogens is 308 g/mol. The van der Waals surface area contributed by atoms with Crippen molar-refractivity contribution in [3.63, 3.8) is 0 Å². The highest BCUT2D eigenvalue weighted by molar-refractivity contribution is 6.30. The van der Waals surface area contributed by atoms with E-state index in [0.717, 1.165) is 42.1 Å². The van der Waals surface area contributed by atoms with Crippen molar-refractivity contribution in [1.82, 2.24) is 10.2 Å². The maximum Gasteiger partial charge on any atom is 0.254 e. The van der Waals surface area contributed by atoms with Crippen molar-refractivity contribution in [3.8, 4) is 0 Å². The summed E-state index contributed by atoms with van der Waals surface area (Å²) < 4.78 is 0. The van der Waals surface area contributed by atoms with Crippen molar-refractivity contribution in [2.45, 2.75) is 38.5 Å². The molecule has 1 heterocycles. The lowest BCUT2D eigenvalue weighted by Gasteiger charge is -2.23. The zero-order valence-electron chi connectivity index (χ0n) is 12.9. The molecule has 0 saturated heterocycles. The van der Waals surface area contributed by atoms with Gasteiger partial charge in [-0.3, -0.25) is 4.79 Å². The van der Waals surface area contributed by atoms with Crippen LogP contribution >= 0.6 is 11.6 Å². The SMILES string of the molecule is O=C(c1ccc2c(c1)CNC2)N(Cc1ccc(Cl)cc1)C1CC1. The average molecular weight is 327 g/mol. The lowest BCUT2D eigenvalue weighted by Crippen LogP contribution is -2.32. The van der Waals surface area contributed by atoms with Gasteiger partial charge in [0.15, 0.2) is 0 Å². The van der Waals surface area contributed by atoms with Crippen molar-refractivity contribution in [3.05, 3.63) is 69.7 Å². The molecule has 2 aromatic carbocycles. The van der Waals surface area contributed by atoms with Gasteiger partial charge in [0.1, 0.15) is 0 Å². The fraction of sp³-hybridized carbons (Fsp3) is 0.316. The molecule has 23 heavy (non-hydrogen) atoms. The second-order valence-electron chi connectivity index (χ2n) is 6.38. The first-order valence-corrected chi connectivity index (χ1v) is 8.46. The van der Waals surface area contributed by atoms with Gasteiger partial charge in [-0.15, -0.1) is 0 Å².